The monoisotopic (exact) mass is 480 g/mol. The van der Waals surface area contributed by atoms with Crippen LogP contribution in [0.5, 0.6) is 0 Å². The Hall–Kier alpha value is -3.79. The minimum atomic E-state index is -0.447. The van der Waals surface area contributed by atoms with Crippen LogP contribution >= 0.6 is 0 Å². The molecule has 0 saturated carbocycles. The number of pyridine rings is 1. The van der Waals surface area contributed by atoms with E-state index in [1.165, 1.54) is 23.3 Å². The third-order valence-corrected chi connectivity index (χ3v) is 6.79. The molecule has 0 amide bonds. The molecule has 0 unspecified atom stereocenters. The average molecular weight is 481 g/mol. The first kappa shape index (κ1) is 23.9. The number of benzene rings is 2. The highest BCUT2D eigenvalue weighted by atomic mass is 19.1. The largest absolute Gasteiger partial charge is 0.304 e. The zero-order valence-electron chi connectivity index (χ0n) is 20.7. The maximum Gasteiger partial charge on any atom is 0.167 e. The van der Waals surface area contributed by atoms with Crippen molar-refractivity contribution in [3.05, 3.63) is 106 Å². The number of hydrogen-bond acceptors (Lipinski definition) is 4. The van der Waals surface area contributed by atoms with E-state index >= 15 is 0 Å². The van der Waals surface area contributed by atoms with Gasteiger partial charge in [0, 0.05) is 50.9 Å². The van der Waals surface area contributed by atoms with E-state index in [1.54, 1.807) is 12.3 Å². The molecule has 182 valence electrons. The number of carbonyl (C=O) groups excluding carboxylic acids is 1. The third kappa shape index (κ3) is 5.38. The second-order valence-corrected chi connectivity index (χ2v) is 9.46. The summed E-state index contributed by atoms with van der Waals surface area (Å²) < 4.78 is 16.3. The van der Waals surface area contributed by atoms with Crippen LogP contribution in [0.2, 0.25) is 0 Å². The molecule has 3 heterocycles. The maximum absolute atomic E-state index is 14.5. The number of aromatic nitrogens is 2. The summed E-state index contributed by atoms with van der Waals surface area (Å²) in [6.45, 7) is 7.36. The molecule has 0 atom stereocenters. The molecule has 6 heteroatoms. The molecule has 0 bridgehead atoms. The Kier molecular flexibility index (Phi) is 6.95. The molecule has 2 aromatic carbocycles. The number of Topliss-reactive ketones (excluding diaryl/α,β-unsaturated/α-hetero) is 1. The van der Waals surface area contributed by atoms with E-state index in [-0.39, 0.29) is 17.8 Å². The summed E-state index contributed by atoms with van der Waals surface area (Å²) in [6, 6.07) is 16.3. The number of aryl methyl sites for hydroxylation is 1. The van der Waals surface area contributed by atoms with Crippen molar-refractivity contribution in [1.29, 1.82) is 0 Å². The van der Waals surface area contributed by atoms with Crippen LogP contribution in [-0.2, 0) is 13.0 Å². The number of nitrogens with zero attached hydrogens (tertiary/aromatic N) is 4. The summed E-state index contributed by atoms with van der Waals surface area (Å²) in [4.78, 5) is 22.2. The lowest BCUT2D eigenvalue weighted by molar-refractivity contribution is 0.0993. The molecule has 1 aliphatic heterocycles. The van der Waals surface area contributed by atoms with E-state index in [1.807, 2.05) is 34.9 Å². The molecular weight excluding hydrogens is 451 g/mol. The van der Waals surface area contributed by atoms with Crippen molar-refractivity contribution in [3.8, 4) is 11.8 Å². The van der Waals surface area contributed by atoms with Crippen LogP contribution in [0.1, 0.15) is 38.3 Å². The fourth-order valence-corrected chi connectivity index (χ4v) is 4.53. The smallest absolute Gasteiger partial charge is 0.167 e. The summed E-state index contributed by atoms with van der Waals surface area (Å²) in [5.41, 5.74) is 5.54. The van der Waals surface area contributed by atoms with Gasteiger partial charge in [0.2, 0.25) is 0 Å². The van der Waals surface area contributed by atoms with Crippen LogP contribution in [0.25, 0.3) is 5.65 Å². The lowest BCUT2D eigenvalue weighted by atomic mass is 9.98. The molecule has 5 rings (SSSR count). The summed E-state index contributed by atoms with van der Waals surface area (Å²) in [7, 11) is 2.16. The van der Waals surface area contributed by atoms with E-state index in [9.17, 15) is 9.18 Å². The van der Waals surface area contributed by atoms with Gasteiger partial charge in [0.25, 0.3) is 0 Å². The molecule has 0 aliphatic carbocycles. The Labute approximate surface area is 211 Å². The van der Waals surface area contributed by atoms with Gasteiger partial charge in [-0.2, -0.15) is 0 Å². The van der Waals surface area contributed by atoms with Gasteiger partial charge >= 0.3 is 0 Å². The summed E-state index contributed by atoms with van der Waals surface area (Å²) in [5, 5.41) is 0. The number of hydrogen-bond donors (Lipinski definition) is 0. The van der Waals surface area contributed by atoms with Gasteiger partial charge in [-0.1, -0.05) is 30.2 Å². The summed E-state index contributed by atoms with van der Waals surface area (Å²) >= 11 is 0. The topological polar surface area (TPSA) is 40.9 Å². The minimum absolute atomic E-state index is 0.0564. The van der Waals surface area contributed by atoms with Gasteiger partial charge < -0.3 is 4.90 Å². The first-order valence-electron chi connectivity index (χ1n) is 12.2. The molecular formula is C30H29FN4O. The highest BCUT2D eigenvalue weighted by molar-refractivity contribution is 5.97. The fourth-order valence-electron chi connectivity index (χ4n) is 4.53. The molecule has 0 radical (unpaired) electrons. The summed E-state index contributed by atoms with van der Waals surface area (Å²) in [6.07, 6.45) is 3.79. The Bertz CT molecular complexity index is 1470. The number of ketones is 1. The van der Waals surface area contributed by atoms with Crippen molar-refractivity contribution in [1.82, 2.24) is 19.2 Å². The van der Waals surface area contributed by atoms with E-state index in [2.05, 4.69) is 52.7 Å². The molecule has 0 spiro atoms. The molecule has 2 aromatic heterocycles. The van der Waals surface area contributed by atoms with E-state index in [0.29, 0.717) is 11.3 Å². The van der Waals surface area contributed by atoms with Crippen LogP contribution in [0.3, 0.4) is 0 Å². The normalized spacial score (nSPS) is 14.5. The minimum Gasteiger partial charge on any atom is -0.304 e. The molecule has 0 N–H and O–H groups in total. The first-order chi connectivity index (χ1) is 17.5. The first-order valence-corrected chi connectivity index (χ1v) is 12.2. The lowest BCUT2D eigenvalue weighted by Gasteiger charge is -2.32. The summed E-state index contributed by atoms with van der Waals surface area (Å²) in [5.74, 6) is 5.36. The van der Waals surface area contributed by atoms with Gasteiger partial charge in [0.15, 0.2) is 5.78 Å². The zero-order chi connectivity index (χ0) is 25.1. The molecule has 4 aromatic rings. The Morgan fingerprint density at radius 3 is 2.67 bits per heavy atom. The van der Waals surface area contributed by atoms with Gasteiger partial charge in [-0.3, -0.25) is 14.1 Å². The Morgan fingerprint density at radius 1 is 1.03 bits per heavy atom. The van der Waals surface area contributed by atoms with E-state index < -0.39 is 5.82 Å². The lowest BCUT2D eigenvalue weighted by Crippen LogP contribution is -2.43. The highest BCUT2D eigenvalue weighted by Gasteiger charge is 2.16. The molecule has 5 nitrogen and oxygen atoms in total. The highest BCUT2D eigenvalue weighted by Crippen LogP contribution is 2.18. The number of fused-ring (bicyclic) bond motifs is 1. The van der Waals surface area contributed by atoms with Crippen molar-refractivity contribution < 1.29 is 9.18 Å². The van der Waals surface area contributed by atoms with Gasteiger partial charge in [-0.25, -0.2) is 9.37 Å². The second kappa shape index (κ2) is 10.4. The van der Waals surface area contributed by atoms with E-state index in [0.717, 1.165) is 43.9 Å². The average Bonchev–Trinajstić information content (AvgIpc) is 3.29. The predicted octanol–water partition coefficient (Wildman–Crippen LogP) is 4.35. The SMILES string of the molecule is Cc1cc(CC(=O)c2ccc(F)c(C#Cc3cnc4ccccn34)c2)ccc1CN1CCN(C)CC1. The van der Waals surface area contributed by atoms with E-state index in [4.69, 9.17) is 0 Å². The van der Waals surface area contributed by atoms with Crippen LogP contribution in [-0.4, -0.2) is 58.2 Å². The number of carbonyl (C=O) groups is 1. The van der Waals surface area contributed by atoms with Crippen LogP contribution < -0.4 is 0 Å². The van der Waals surface area contributed by atoms with Gasteiger partial charge in [-0.05, 0) is 66.9 Å². The quantitative estimate of drug-likeness (QED) is 0.315. The number of likely N-dealkylation sites (N-methyl/N-ethyl adjacent to an activating group) is 1. The maximum atomic E-state index is 14.5. The van der Waals surface area contributed by atoms with Crippen LogP contribution in [0, 0.1) is 24.6 Å². The third-order valence-electron chi connectivity index (χ3n) is 6.79. The second-order valence-electron chi connectivity index (χ2n) is 9.46. The number of halogens is 1. The van der Waals surface area contributed by atoms with Crippen molar-refractivity contribution in [2.45, 2.75) is 19.9 Å². The van der Waals surface area contributed by atoms with Crippen molar-refractivity contribution in [2.75, 3.05) is 33.2 Å². The number of piperazine rings is 1. The number of imidazole rings is 1. The van der Waals surface area contributed by atoms with Crippen molar-refractivity contribution in [2.24, 2.45) is 0 Å². The standard InChI is InChI=1S/C30H29FN4O/c1-22-17-23(6-7-26(22)21-34-15-13-33(2)14-16-34)18-29(36)25-9-11-28(31)24(19-25)8-10-27-20-32-30-5-3-4-12-35(27)30/h3-7,9,11-12,17,19-20H,13-16,18,21H2,1-2H3. The molecule has 1 fully saturated rings. The Morgan fingerprint density at radius 2 is 1.86 bits per heavy atom. The van der Waals surface area contributed by atoms with Gasteiger partial charge in [-0.15, -0.1) is 0 Å². The van der Waals surface area contributed by atoms with Crippen molar-refractivity contribution >= 4 is 11.4 Å². The fraction of sp³-hybridized carbons (Fsp3) is 0.267. The number of rotatable bonds is 5. The van der Waals surface area contributed by atoms with Crippen LogP contribution in [0.4, 0.5) is 4.39 Å². The predicted molar refractivity (Wildman–Crippen MR) is 140 cm³/mol. The molecule has 36 heavy (non-hydrogen) atoms. The van der Waals surface area contributed by atoms with Crippen molar-refractivity contribution in [3.63, 3.8) is 0 Å². The molecule has 1 aliphatic rings. The van der Waals surface area contributed by atoms with Crippen LogP contribution in [0.15, 0.2) is 67.0 Å². The zero-order valence-corrected chi connectivity index (χ0v) is 20.7. The van der Waals surface area contributed by atoms with Gasteiger partial charge in [0.05, 0.1) is 11.8 Å². The molecule has 1 saturated heterocycles. The Balaban J connectivity index is 1.29. The van der Waals surface area contributed by atoms with Gasteiger partial charge in [0.1, 0.15) is 17.2 Å².